The van der Waals surface area contributed by atoms with Crippen molar-refractivity contribution in [2.75, 3.05) is 54.1 Å². The number of hydrogen-bond donors (Lipinski definition) is 0. The molecular weight excluding hydrogens is 746 g/mol. The number of phosphoric ester groups is 1. The Morgan fingerprint density at radius 1 is 0.466 bits per heavy atom. The molecule has 0 aromatic carbocycles. The van der Waals surface area contributed by atoms with Gasteiger partial charge in [-0.05, 0) is 12.8 Å². The molecule has 0 aromatic heterocycles. The summed E-state index contributed by atoms with van der Waals surface area (Å²) in [5.41, 5.74) is 0. The van der Waals surface area contributed by atoms with E-state index < -0.39 is 13.9 Å². The zero-order chi connectivity index (χ0) is 42.7. The van der Waals surface area contributed by atoms with Crippen molar-refractivity contribution in [1.29, 1.82) is 0 Å². The number of hydrogen-bond acceptors (Lipinski definition) is 7. The fraction of sp³-hybridized carbons (Fsp3) is 0.980. The number of rotatable bonds is 48. The van der Waals surface area contributed by atoms with Crippen LogP contribution in [0.4, 0.5) is 0 Å². The molecule has 0 amide bonds. The van der Waals surface area contributed by atoms with Crippen LogP contribution in [0.2, 0.25) is 0 Å². The van der Waals surface area contributed by atoms with E-state index in [1.54, 1.807) is 0 Å². The predicted octanol–water partition coefficient (Wildman–Crippen LogP) is 14.6. The second-order valence-electron chi connectivity index (χ2n) is 18.5. The van der Waals surface area contributed by atoms with Gasteiger partial charge in [0.15, 0.2) is 0 Å². The van der Waals surface area contributed by atoms with E-state index in [1.807, 2.05) is 21.1 Å². The molecule has 0 bridgehead atoms. The van der Waals surface area contributed by atoms with Crippen LogP contribution in [0.15, 0.2) is 0 Å². The molecule has 58 heavy (non-hydrogen) atoms. The van der Waals surface area contributed by atoms with Gasteiger partial charge in [-0.3, -0.25) is 9.36 Å². The first-order valence-corrected chi connectivity index (χ1v) is 26.7. The van der Waals surface area contributed by atoms with Crippen LogP contribution < -0.4 is 4.89 Å². The molecule has 0 saturated heterocycles. The number of likely N-dealkylation sites (N-methyl/N-ethyl adjacent to an activating group) is 1. The minimum atomic E-state index is -4.52. The van der Waals surface area contributed by atoms with Crippen LogP contribution in [0, 0.1) is 0 Å². The molecule has 0 aliphatic carbocycles. The van der Waals surface area contributed by atoms with Crippen molar-refractivity contribution in [1.82, 2.24) is 0 Å². The molecule has 0 saturated carbocycles. The second kappa shape index (κ2) is 43.2. The number of quaternary nitrogens is 1. The van der Waals surface area contributed by atoms with E-state index in [2.05, 4.69) is 13.8 Å². The maximum Gasteiger partial charge on any atom is 0.306 e. The molecule has 0 rings (SSSR count). The highest BCUT2D eigenvalue weighted by atomic mass is 31.2. The van der Waals surface area contributed by atoms with Crippen LogP contribution in [-0.4, -0.2) is 70.7 Å². The van der Waals surface area contributed by atoms with Gasteiger partial charge in [0.05, 0.1) is 34.4 Å². The first kappa shape index (κ1) is 57.5. The average molecular weight is 846 g/mol. The third kappa shape index (κ3) is 46.6. The van der Waals surface area contributed by atoms with Crippen molar-refractivity contribution in [3.05, 3.63) is 0 Å². The van der Waals surface area contributed by atoms with E-state index in [-0.39, 0.29) is 25.8 Å². The summed E-state index contributed by atoms with van der Waals surface area (Å²) in [5.74, 6) is -0.326. The number of carbonyl (C=O) groups excluding carboxylic acids is 1. The van der Waals surface area contributed by atoms with Gasteiger partial charge in [0.2, 0.25) is 0 Å². The third-order valence-electron chi connectivity index (χ3n) is 11.4. The number of phosphoric acid groups is 1. The van der Waals surface area contributed by atoms with E-state index in [0.29, 0.717) is 24.1 Å². The van der Waals surface area contributed by atoms with Crippen molar-refractivity contribution < 1.29 is 37.3 Å². The number of esters is 1. The molecule has 0 fully saturated rings. The second-order valence-corrected chi connectivity index (χ2v) is 20.0. The van der Waals surface area contributed by atoms with E-state index in [1.165, 1.54) is 199 Å². The Bertz CT molecular complexity index is 899. The highest BCUT2D eigenvalue weighted by molar-refractivity contribution is 7.45. The Morgan fingerprint density at radius 2 is 0.793 bits per heavy atom. The molecule has 2 atom stereocenters. The maximum atomic E-state index is 12.7. The quantitative estimate of drug-likeness (QED) is 0.0260. The highest BCUT2D eigenvalue weighted by Crippen LogP contribution is 2.38. The summed E-state index contributed by atoms with van der Waals surface area (Å²) < 4.78 is 34.7. The highest BCUT2D eigenvalue weighted by Gasteiger charge is 2.20. The number of ether oxygens (including phenoxy) is 2. The minimum Gasteiger partial charge on any atom is -0.756 e. The van der Waals surface area contributed by atoms with Crippen LogP contribution >= 0.6 is 7.82 Å². The largest absolute Gasteiger partial charge is 0.756 e. The van der Waals surface area contributed by atoms with Crippen molar-refractivity contribution >= 4 is 13.8 Å². The minimum absolute atomic E-state index is 0.0315. The van der Waals surface area contributed by atoms with Crippen molar-refractivity contribution in [2.24, 2.45) is 0 Å². The number of nitrogens with zero attached hydrogens (tertiary/aromatic N) is 1. The summed E-state index contributed by atoms with van der Waals surface area (Å²) in [5, 5.41) is 0. The molecule has 348 valence electrons. The molecule has 0 N–H and O–H groups in total. The molecule has 0 spiro atoms. The fourth-order valence-corrected chi connectivity index (χ4v) is 8.22. The van der Waals surface area contributed by atoms with Crippen molar-refractivity contribution in [2.45, 2.75) is 258 Å². The van der Waals surface area contributed by atoms with Gasteiger partial charge in [0.1, 0.15) is 19.3 Å². The van der Waals surface area contributed by atoms with Crippen LogP contribution in [0.3, 0.4) is 0 Å². The normalized spacial score (nSPS) is 13.6. The molecule has 1 unspecified atom stereocenters. The molecular formula is C49H100NO7P. The van der Waals surface area contributed by atoms with E-state index in [4.69, 9.17) is 18.5 Å². The molecule has 0 heterocycles. The summed E-state index contributed by atoms with van der Waals surface area (Å²) in [6, 6.07) is 0. The summed E-state index contributed by atoms with van der Waals surface area (Å²) >= 11 is 0. The molecule has 0 radical (unpaired) electrons. The van der Waals surface area contributed by atoms with E-state index >= 15 is 0 Å². The molecule has 9 heteroatoms. The smallest absolute Gasteiger partial charge is 0.306 e. The van der Waals surface area contributed by atoms with E-state index in [9.17, 15) is 14.3 Å². The summed E-state index contributed by atoms with van der Waals surface area (Å²) in [6.45, 7) is 5.48. The average Bonchev–Trinajstić information content (AvgIpc) is 3.18. The molecule has 0 aliphatic rings. The fourth-order valence-electron chi connectivity index (χ4n) is 7.49. The Morgan fingerprint density at radius 3 is 1.14 bits per heavy atom. The number of carbonyl (C=O) groups is 1. The van der Waals surface area contributed by atoms with Crippen LogP contribution in [0.5, 0.6) is 0 Å². The SMILES string of the molecule is CCCCCCCCCCCCCCCCCCCCCCCCCCC(=O)O[C@H](COCCCCCCCCCCCCCC)COP(=O)([O-])OCC[N+](C)(C)C. The van der Waals surface area contributed by atoms with Gasteiger partial charge in [0.25, 0.3) is 7.82 Å². The Hall–Kier alpha value is -0.500. The first-order valence-electron chi connectivity index (χ1n) is 25.3. The lowest BCUT2D eigenvalue weighted by atomic mass is 10.0. The molecule has 8 nitrogen and oxygen atoms in total. The van der Waals surface area contributed by atoms with Crippen molar-refractivity contribution in [3.8, 4) is 0 Å². The lowest BCUT2D eigenvalue weighted by molar-refractivity contribution is -0.870. The Labute approximate surface area is 361 Å². The van der Waals surface area contributed by atoms with Gasteiger partial charge in [-0.25, -0.2) is 0 Å². The summed E-state index contributed by atoms with van der Waals surface area (Å²) in [7, 11) is 1.38. The summed E-state index contributed by atoms with van der Waals surface area (Å²) in [4.78, 5) is 25.1. The predicted molar refractivity (Wildman–Crippen MR) is 245 cm³/mol. The van der Waals surface area contributed by atoms with Crippen molar-refractivity contribution in [3.63, 3.8) is 0 Å². The van der Waals surface area contributed by atoms with Crippen LogP contribution in [0.25, 0.3) is 0 Å². The van der Waals surface area contributed by atoms with Gasteiger partial charge in [-0.2, -0.15) is 0 Å². The van der Waals surface area contributed by atoms with Gasteiger partial charge >= 0.3 is 5.97 Å². The lowest BCUT2D eigenvalue weighted by Crippen LogP contribution is -2.37. The van der Waals surface area contributed by atoms with Gasteiger partial charge < -0.3 is 27.9 Å². The molecule has 0 aromatic rings. The third-order valence-corrected chi connectivity index (χ3v) is 12.4. The zero-order valence-corrected chi connectivity index (χ0v) is 40.4. The monoisotopic (exact) mass is 846 g/mol. The van der Waals surface area contributed by atoms with Gasteiger partial charge in [0, 0.05) is 13.0 Å². The first-order chi connectivity index (χ1) is 28.1. The Kier molecular flexibility index (Phi) is 42.8. The standard InChI is InChI=1S/C49H100NO7P/c1-6-8-10-12-14-16-18-20-21-22-23-24-25-26-27-28-29-30-31-32-34-36-38-40-42-49(51)57-48(47-56-58(52,53)55-45-43-50(3,4)5)46-54-44-41-39-37-35-33-19-17-15-13-11-9-7-2/h48H,6-47H2,1-5H3/t48-/m1/s1. The van der Waals surface area contributed by atoms with Crippen LogP contribution in [0.1, 0.15) is 251 Å². The van der Waals surface area contributed by atoms with E-state index in [0.717, 1.165) is 32.1 Å². The van der Waals surface area contributed by atoms with Gasteiger partial charge in [-0.1, -0.05) is 232 Å². The van der Waals surface area contributed by atoms with Crippen LogP contribution in [-0.2, 0) is 27.9 Å². The Balaban J connectivity index is 4.01. The lowest BCUT2D eigenvalue weighted by Gasteiger charge is -2.28. The zero-order valence-electron chi connectivity index (χ0n) is 39.5. The maximum absolute atomic E-state index is 12.7. The van der Waals surface area contributed by atoms with Gasteiger partial charge in [-0.15, -0.1) is 0 Å². The molecule has 0 aliphatic heterocycles. The number of unbranched alkanes of at least 4 members (excludes halogenated alkanes) is 34. The topological polar surface area (TPSA) is 94.1 Å². The summed E-state index contributed by atoms with van der Waals surface area (Å²) in [6.07, 6.45) is 47.0.